The number of carbonyl (C=O) groups is 2. The molecular formula is C15H19NO6. The summed E-state index contributed by atoms with van der Waals surface area (Å²) in [6.07, 6.45) is -0.942. The van der Waals surface area contributed by atoms with Gasteiger partial charge in [-0.1, -0.05) is 12.1 Å². The summed E-state index contributed by atoms with van der Waals surface area (Å²) in [5.41, 5.74) is 0.659. The largest absolute Gasteiger partial charge is 0.497 e. The lowest BCUT2D eigenvalue weighted by atomic mass is 10.0. The number of aliphatic carboxylic acids is 1. The second-order valence-corrected chi connectivity index (χ2v) is 4.87. The van der Waals surface area contributed by atoms with E-state index in [1.807, 2.05) is 0 Å². The Morgan fingerprint density at radius 3 is 2.91 bits per heavy atom. The highest BCUT2D eigenvalue weighted by Gasteiger charge is 2.26. The molecule has 0 spiro atoms. The maximum absolute atomic E-state index is 12.2. The number of benzene rings is 1. The van der Waals surface area contributed by atoms with Crippen LogP contribution in [0.3, 0.4) is 0 Å². The van der Waals surface area contributed by atoms with E-state index in [-0.39, 0.29) is 18.9 Å². The van der Waals surface area contributed by atoms with Crippen LogP contribution in [0, 0.1) is 0 Å². The molecule has 0 radical (unpaired) electrons. The minimum Gasteiger partial charge on any atom is -0.497 e. The van der Waals surface area contributed by atoms with E-state index in [1.165, 1.54) is 7.11 Å². The molecule has 0 aromatic heterocycles. The Hall–Kier alpha value is -2.12. The van der Waals surface area contributed by atoms with Crippen LogP contribution in [-0.2, 0) is 19.1 Å². The number of nitrogens with one attached hydrogen (secondary N) is 1. The van der Waals surface area contributed by atoms with E-state index in [1.54, 1.807) is 24.3 Å². The fourth-order valence-corrected chi connectivity index (χ4v) is 2.19. The zero-order chi connectivity index (χ0) is 15.9. The molecule has 2 N–H and O–H groups in total. The fraction of sp³-hybridized carbons (Fsp3) is 0.467. The Morgan fingerprint density at radius 2 is 2.27 bits per heavy atom. The number of rotatable bonds is 6. The standard InChI is InChI=1S/C15H19NO6/c1-20-11-4-2-3-10(7-11)12(8-14(17)18)16-15(19)13-9-21-5-6-22-13/h2-4,7,12-13H,5-6,8-9H2,1H3,(H,16,19)(H,17,18). The minimum atomic E-state index is -1.01. The Morgan fingerprint density at radius 1 is 1.45 bits per heavy atom. The van der Waals surface area contributed by atoms with E-state index in [0.29, 0.717) is 24.5 Å². The third kappa shape index (κ3) is 4.44. The molecule has 0 saturated carbocycles. The van der Waals surface area contributed by atoms with Gasteiger partial charge >= 0.3 is 5.97 Å². The van der Waals surface area contributed by atoms with Gasteiger partial charge in [-0.05, 0) is 17.7 Å². The molecule has 2 unspecified atom stereocenters. The lowest BCUT2D eigenvalue weighted by Crippen LogP contribution is -2.44. The van der Waals surface area contributed by atoms with Crippen molar-refractivity contribution in [3.63, 3.8) is 0 Å². The van der Waals surface area contributed by atoms with Gasteiger partial charge in [0.1, 0.15) is 5.75 Å². The maximum Gasteiger partial charge on any atom is 0.305 e. The molecule has 1 aromatic rings. The Labute approximate surface area is 128 Å². The van der Waals surface area contributed by atoms with Crippen molar-refractivity contribution >= 4 is 11.9 Å². The van der Waals surface area contributed by atoms with E-state index < -0.39 is 18.1 Å². The van der Waals surface area contributed by atoms with E-state index in [9.17, 15) is 9.59 Å². The normalized spacial score (nSPS) is 19.2. The van der Waals surface area contributed by atoms with Crippen molar-refractivity contribution in [2.45, 2.75) is 18.6 Å². The van der Waals surface area contributed by atoms with Gasteiger partial charge < -0.3 is 24.6 Å². The molecule has 0 aliphatic carbocycles. The van der Waals surface area contributed by atoms with Crippen molar-refractivity contribution in [1.82, 2.24) is 5.32 Å². The van der Waals surface area contributed by atoms with Crippen LogP contribution in [0.2, 0.25) is 0 Å². The molecule has 22 heavy (non-hydrogen) atoms. The molecule has 7 nitrogen and oxygen atoms in total. The van der Waals surface area contributed by atoms with Gasteiger partial charge in [0, 0.05) is 0 Å². The van der Waals surface area contributed by atoms with Crippen molar-refractivity contribution in [3.05, 3.63) is 29.8 Å². The van der Waals surface area contributed by atoms with Crippen LogP contribution in [0.4, 0.5) is 0 Å². The van der Waals surface area contributed by atoms with Crippen molar-refractivity contribution in [1.29, 1.82) is 0 Å². The molecule has 1 fully saturated rings. The summed E-state index contributed by atoms with van der Waals surface area (Å²) in [5.74, 6) is -0.790. The Balaban J connectivity index is 2.11. The van der Waals surface area contributed by atoms with Gasteiger partial charge in [0.2, 0.25) is 0 Å². The molecule has 1 aromatic carbocycles. The lowest BCUT2D eigenvalue weighted by molar-refractivity contribution is -0.148. The first-order chi connectivity index (χ1) is 10.6. The second kappa shape index (κ2) is 7.77. The first-order valence-corrected chi connectivity index (χ1v) is 6.95. The molecule has 1 saturated heterocycles. The third-order valence-electron chi connectivity index (χ3n) is 3.30. The predicted octanol–water partition coefficient (Wildman–Crippen LogP) is 0.743. The predicted molar refractivity (Wildman–Crippen MR) is 76.7 cm³/mol. The highest BCUT2D eigenvalue weighted by Crippen LogP contribution is 2.22. The molecular weight excluding hydrogens is 290 g/mol. The number of ether oxygens (including phenoxy) is 3. The average Bonchev–Trinajstić information content (AvgIpc) is 2.54. The van der Waals surface area contributed by atoms with Crippen LogP contribution >= 0.6 is 0 Å². The number of hydrogen-bond donors (Lipinski definition) is 2. The molecule has 1 amide bonds. The summed E-state index contributed by atoms with van der Waals surface area (Å²) in [6.45, 7) is 0.975. The topological polar surface area (TPSA) is 94.1 Å². The average molecular weight is 309 g/mol. The van der Waals surface area contributed by atoms with E-state index >= 15 is 0 Å². The monoisotopic (exact) mass is 309 g/mol. The minimum absolute atomic E-state index is 0.170. The number of carbonyl (C=O) groups excluding carboxylic acids is 1. The summed E-state index contributed by atoms with van der Waals surface area (Å²) in [5, 5.41) is 11.8. The van der Waals surface area contributed by atoms with E-state index in [0.717, 1.165) is 0 Å². The van der Waals surface area contributed by atoms with Crippen LogP contribution in [0.15, 0.2) is 24.3 Å². The molecule has 1 aliphatic rings. The van der Waals surface area contributed by atoms with Crippen LogP contribution < -0.4 is 10.1 Å². The van der Waals surface area contributed by atoms with E-state index in [4.69, 9.17) is 19.3 Å². The molecule has 1 heterocycles. The van der Waals surface area contributed by atoms with Gasteiger partial charge in [0.15, 0.2) is 6.10 Å². The first-order valence-electron chi connectivity index (χ1n) is 6.95. The number of hydrogen-bond acceptors (Lipinski definition) is 5. The van der Waals surface area contributed by atoms with Crippen LogP contribution in [0.5, 0.6) is 5.75 Å². The van der Waals surface area contributed by atoms with Crippen molar-refractivity contribution < 1.29 is 28.9 Å². The van der Waals surface area contributed by atoms with Crippen molar-refractivity contribution in [2.24, 2.45) is 0 Å². The van der Waals surface area contributed by atoms with Gasteiger partial charge in [0.05, 0.1) is 39.4 Å². The highest BCUT2D eigenvalue weighted by molar-refractivity contribution is 5.82. The van der Waals surface area contributed by atoms with Gasteiger partial charge in [-0.3, -0.25) is 9.59 Å². The van der Waals surface area contributed by atoms with Crippen molar-refractivity contribution in [2.75, 3.05) is 26.9 Å². The van der Waals surface area contributed by atoms with Gasteiger partial charge in [-0.15, -0.1) is 0 Å². The zero-order valence-electron chi connectivity index (χ0n) is 12.3. The van der Waals surface area contributed by atoms with Crippen LogP contribution in [0.25, 0.3) is 0 Å². The zero-order valence-corrected chi connectivity index (χ0v) is 12.3. The van der Waals surface area contributed by atoms with Crippen LogP contribution in [-0.4, -0.2) is 50.0 Å². The smallest absolute Gasteiger partial charge is 0.305 e. The second-order valence-electron chi connectivity index (χ2n) is 4.87. The lowest BCUT2D eigenvalue weighted by Gasteiger charge is -2.25. The number of amides is 1. The molecule has 0 bridgehead atoms. The first kappa shape index (κ1) is 16.3. The third-order valence-corrected chi connectivity index (χ3v) is 3.30. The summed E-state index contributed by atoms with van der Waals surface area (Å²) >= 11 is 0. The Bertz CT molecular complexity index is 527. The van der Waals surface area contributed by atoms with Gasteiger partial charge in [0.25, 0.3) is 5.91 Å². The number of carboxylic acid groups (broad SMARTS) is 1. The molecule has 2 atom stereocenters. The quantitative estimate of drug-likeness (QED) is 0.805. The van der Waals surface area contributed by atoms with E-state index in [2.05, 4.69) is 5.32 Å². The molecule has 120 valence electrons. The van der Waals surface area contributed by atoms with Gasteiger partial charge in [-0.2, -0.15) is 0 Å². The summed E-state index contributed by atoms with van der Waals surface area (Å²) in [4.78, 5) is 23.2. The van der Waals surface area contributed by atoms with Crippen molar-refractivity contribution in [3.8, 4) is 5.75 Å². The van der Waals surface area contributed by atoms with Crippen LogP contribution in [0.1, 0.15) is 18.0 Å². The summed E-state index contributed by atoms with van der Waals surface area (Å²) < 4.78 is 15.6. The molecule has 1 aliphatic heterocycles. The fourth-order valence-electron chi connectivity index (χ4n) is 2.19. The SMILES string of the molecule is COc1cccc(C(CC(=O)O)NC(=O)C2COCCO2)c1. The highest BCUT2D eigenvalue weighted by atomic mass is 16.6. The molecule has 7 heteroatoms. The summed E-state index contributed by atoms with van der Waals surface area (Å²) in [7, 11) is 1.52. The maximum atomic E-state index is 12.2. The molecule has 2 rings (SSSR count). The van der Waals surface area contributed by atoms with Gasteiger partial charge in [-0.25, -0.2) is 0 Å². The Kier molecular flexibility index (Phi) is 5.74. The number of methoxy groups -OCH3 is 1. The number of carboxylic acids is 1. The summed E-state index contributed by atoms with van der Waals surface area (Å²) in [6, 6.07) is 6.28.